The lowest BCUT2D eigenvalue weighted by atomic mass is 10.2. The number of rotatable bonds is 12. The van der Waals surface area contributed by atoms with Gasteiger partial charge in [-0.1, -0.05) is 148 Å². The van der Waals surface area contributed by atoms with Crippen molar-refractivity contribution in [1.29, 1.82) is 0 Å². The Bertz CT molecular complexity index is 280. The zero-order valence-electron chi connectivity index (χ0n) is 23.5. The highest BCUT2D eigenvalue weighted by atomic mass is 35.7. The summed E-state index contributed by atoms with van der Waals surface area (Å²) < 4.78 is 0. The van der Waals surface area contributed by atoms with Gasteiger partial charge in [0.25, 0.3) is 28.3 Å². The van der Waals surface area contributed by atoms with Gasteiger partial charge in [0.05, 0.1) is 0 Å². The van der Waals surface area contributed by atoms with Gasteiger partial charge in [-0.05, 0) is 0 Å². The molecule has 0 aliphatic carbocycles. The molecule has 0 radical (unpaired) electrons. The number of hydrogen-bond acceptors (Lipinski definition) is 0. The molecule has 0 N–H and O–H groups in total. The summed E-state index contributed by atoms with van der Waals surface area (Å²) >= 11 is -2.47. The third-order valence-corrected chi connectivity index (χ3v) is 19.7. The minimum absolute atomic E-state index is 0.171. The van der Waals surface area contributed by atoms with E-state index in [1.807, 2.05) is 6.92 Å². The summed E-state index contributed by atoms with van der Waals surface area (Å²) in [4.78, 5) is 0. The second-order valence-corrected chi connectivity index (χ2v) is 27.5. The molecule has 31 heavy (non-hydrogen) atoms. The second-order valence-electron chi connectivity index (χ2n) is 10.1. The van der Waals surface area contributed by atoms with E-state index >= 15 is 0 Å². The largest absolute Gasteiger partial charge is 0.519 e. The Morgan fingerprint density at radius 3 is 0.774 bits per heavy atom. The molecule has 7 heteroatoms. The Morgan fingerprint density at radius 2 is 0.710 bits per heavy atom. The molecule has 0 unspecified atom stereocenters. The van der Waals surface area contributed by atoms with Crippen LogP contribution in [0.4, 0.5) is 0 Å². The van der Waals surface area contributed by atoms with Gasteiger partial charge in [-0.15, -0.1) is 0 Å². The molecule has 0 aromatic heterocycles. The van der Waals surface area contributed by atoms with E-state index < -0.39 is 39.7 Å². The predicted molar refractivity (Wildman–Crippen MR) is 162 cm³/mol. The summed E-state index contributed by atoms with van der Waals surface area (Å²) in [5.41, 5.74) is 0. The molecule has 0 spiro atoms. The average Bonchev–Trinajstić information content (AvgIpc) is 2.68. The van der Waals surface area contributed by atoms with Crippen LogP contribution in [-0.2, 0) is 0 Å². The average molecular weight is 560 g/mol. The van der Waals surface area contributed by atoms with Crippen molar-refractivity contribution in [3.8, 4) is 0 Å². The van der Waals surface area contributed by atoms with Crippen molar-refractivity contribution < 1.29 is 0 Å². The van der Waals surface area contributed by atoms with Crippen LogP contribution in [0.15, 0.2) is 0 Å². The van der Waals surface area contributed by atoms with Crippen molar-refractivity contribution in [3.05, 3.63) is 0 Å². The molecule has 0 atom stereocenters. The third kappa shape index (κ3) is 43.5. The second kappa shape index (κ2) is 31.0. The maximum absolute atomic E-state index is 5.79. The van der Waals surface area contributed by atoms with E-state index in [4.69, 9.17) is 30.1 Å². The summed E-state index contributed by atoms with van der Waals surface area (Å²) in [5, 5.41) is 12.6. The van der Waals surface area contributed by atoms with Crippen molar-refractivity contribution in [3.63, 3.8) is 0 Å². The molecule has 0 fully saturated rings. The molecule has 186 valence electrons. The maximum Gasteiger partial charge on any atom is 0.519 e. The quantitative estimate of drug-likeness (QED) is 0.209. The van der Waals surface area contributed by atoms with Gasteiger partial charge in [0.1, 0.15) is 0 Å². The van der Waals surface area contributed by atoms with Crippen molar-refractivity contribution >= 4 is 84.0 Å². The fourth-order valence-electron chi connectivity index (χ4n) is 3.44. The van der Waals surface area contributed by atoms with Gasteiger partial charge in [-0.3, -0.25) is 10.0 Å². The van der Waals surface area contributed by atoms with E-state index in [9.17, 15) is 0 Å². The molecule has 0 amide bonds. The number of hydrogen-bond donors (Lipinski definition) is 0. The highest BCUT2D eigenvalue weighted by Gasteiger charge is 2.20. The zero-order valence-corrected chi connectivity index (χ0v) is 30.4. The Kier molecular flexibility index (Phi) is 41.2. The topological polar surface area (TPSA) is 0 Å². The normalized spacial score (nSPS) is 9.87. The van der Waals surface area contributed by atoms with E-state index in [1.54, 1.807) is 15.8 Å². The van der Waals surface area contributed by atoms with Crippen molar-refractivity contribution in [2.45, 2.75) is 131 Å². The molecule has 0 aliphatic rings. The molecule has 0 heterocycles. The van der Waals surface area contributed by atoms with Crippen LogP contribution in [0, 0.1) is 17.8 Å². The maximum atomic E-state index is 5.79. The van der Waals surface area contributed by atoms with Gasteiger partial charge >= 0.3 is 25.5 Å². The predicted octanol–water partition coefficient (Wildman–Crippen LogP) is 11.2. The SMILES string of the molecule is CC(C)[CH2][Al]([CH2]C(C)C)[CH2]C(C)C.C[CH2][Al]([CH2]C)[CH2]C.C[CH2][Al]([Cl])[CH2]C.C[CH2][Al]([Cl])[Cl]. The van der Waals surface area contributed by atoms with E-state index in [0.29, 0.717) is 0 Å². The molecule has 0 saturated carbocycles. The van der Waals surface area contributed by atoms with Gasteiger partial charge in [-0.25, -0.2) is 20.1 Å². The van der Waals surface area contributed by atoms with Gasteiger partial charge in [0, 0.05) is 0 Å². The van der Waals surface area contributed by atoms with Crippen molar-refractivity contribution in [2.75, 3.05) is 0 Å². The van der Waals surface area contributed by atoms with E-state index in [2.05, 4.69) is 76.2 Å². The van der Waals surface area contributed by atoms with Crippen LogP contribution in [0.25, 0.3) is 0 Å². The van der Waals surface area contributed by atoms with Crippen LogP contribution in [-0.4, -0.2) is 53.8 Å². The van der Waals surface area contributed by atoms with Crippen LogP contribution in [0.1, 0.15) is 83.1 Å². The minimum Gasteiger partial charge on any atom is -0.261 e. The van der Waals surface area contributed by atoms with Crippen LogP contribution in [0.3, 0.4) is 0 Å². The molecule has 0 aromatic carbocycles. The molecule has 0 aromatic rings. The third-order valence-electron chi connectivity index (χ3n) is 5.34. The van der Waals surface area contributed by atoms with Crippen molar-refractivity contribution in [2.24, 2.45) is 17.8 Å². The van der Waals surface area contributed by atoms with Crippen molar-refractivity contribution in [1.82, 2.24) is 0 Å². The molecular formula is C24H57Al4Cl3. The molecule has 0 bridgehead atoms. The monoisotopic (exact) mass is 558 g/mol. The van der Waals surface area contributed by atoms with Crippen LogP contribution in [0.5, 0.6) is 0 Å². The Balaban J connectivity index is -0.000000172. The van der Waals surface area contributed by atoms with Gasteiger partial charge in [0.2, 0.25) is 0 Å². The molecular weight excluding hydrogens is 503 g/mol. The first-order chi connectivity index (χ1) is 14.3. The lowest BCUT2D eigenvalue weighted by molar-refractivity contribution is 0.659. The summed E-state index contributed by atoms with van der Waals surface area (Å²) in [7, 11) is 16.5. The molecule has 0 aliphatic heterocycles. The van der Waals surface area contributed by atoms with Gasteiger partial charge in [0.15, 0.2) is 0 Å². The standard InChI is InChI=1S/3C4H9.6C2H5.4Al.3ClH/c3*1-4(2)3;6*1-2;;;;;;;/h3*4H,1H2,2-3H3;6*1H2,2H3;;;;;3*1H/q;;;;;;;;;;;+1;+2;;;/p-3. The summed E-state index contributed by atoms with van der Waals surface area (Å²) in [6, 6.07) is 0. The Labute approximate surface area is 230 Å². The van der Waals surface area contributed by atoms with Gasteiger partial charge < -0.3 is 0 Å². The fourth-order valence-corrected chi connectivity index (χ4v) is 10.3. The van der Waals surface area contributed by atoms with E-state index in [1.165, 1.54) is 26.4 Å². The van der Waals surface area contributed by atoms with Crippen LogP contribution < -0.4 is 0 Å². The Morgan fingerprint density at radius 1 is 0.452 bits per heavy atom. The fraction of sp³-hybridized carbons (Fsp3) is 1.00. The first kappa shape index (κ1) is 41.1. The summed E-state index contributed by atoms with van der Waals surface area (Å²) in [6.45, 7) is 27.5. The highest BCUT2D eigenvalue weighted by Crippen LogP contribution is 2.21. The summed E-state index contributed by atoms with van der Waals surface area (Å²) in [6.07, 6.45) is 0. The zero-order chi connectivity index (χ0) is 25.4. The summed E-state index contributed by atoms with van der Waals surface area (Å²) in [5.74, 6) is 2.78. The first-order valence-corrected chi connectivity index (χ1v) is 25.8. The Hall–Kier alpha value is 3.00. The van der Waals surface area contributed by atoms with E-state index in [0.717, 1.165) is 23.0 Å². The van der Waals surface area contributed by atoms with E-state index in [-0.39, 0.29) is 14.1 Å². The van der Waals surface area contributed by atoms with Crippen LogP contribution in [0.2, 0.25) is 47.5 Å². The lowest BCUT2D eigenvalue weighted by Gasteiger charge is -2.17. The smallest absolute Gasteiger partial charge is 0.261 e. The molecule has 0 rings (SSSR count). The minimum atomic E-state index is -1.21. The molecule has 0 saturated heterocycles. The first-order valence-electron chi connectivity index (χ1n) is 13.3. The lowest BCUT2D eigenvalue weighted by Crippen LogP contribution is -2.19. The molecule has 0 nitrogen and oxygen atoms in total. The van der Waals surface area contributed by atoms with Crippen LogP contribution >= 0.6 is 30.1 Å². The number of halogens is 3. The van der Waals surface area contributed by atoms with Gasteiger partial charge in [-0.2, -0.15) is 0 Å². The highest BCUT2D eigenvalue weighted by molar-refractivity contribution is 7.33.